The van der Waals surface area contributed by atoms with Crippen LogP contribution in [0.2, 0.25) is 20.1 Å². The second-order valence-corrected chi connectivity index (χ2v) is 8.72. The SMILES string of the molecule is O=C(Nc1cnn(Cc2c(Cl)cccc2Cl)c1)c1cccc(COc2cccc(Cl)c2Cl)c1. The molecule has 0 saturated carbocycles. The zero-order valence-corrected chi connectivity index (χ0v) is 20.1. The highest BCUT2D eigenvalue weighted by atomic mass is 35.5. The third kappa shape index (κ3) is 5.81. The fraction of sp³-hybridized carbons (Fsp3) is 0.0833. The van der Waals surface area contributed by atoms with Gasteiger partial charge in [0.15, 0.2) is 0 Å². The second kappa shape index (κ2) is 10.5. The van der Waals surface area contributed by atoms with Gasteiger partial charge in [-0.3, -0.25) is 9.48 Å². The molecule has 4 aromatic rings. The van der Waals surface area contributed by atoms with Gasteiger partial charge in [0.05, 0.1) is 23.5 Å². The van der Waals surface area contributed by atoms with Gasteiger partial charge in [0, 0.05) is 27.4 Å². The average molecular weight is 521 g/mol. The van der Waals surface area contributed by atoms with Crippen LogP contribution in [0, 0.1) is 0 Å². The van der Waals surface area contributed by atoms with Gasteiger partial charge in [0.1, 0.15) is 17.4 Å². The van der Waals surface area contributed by atoms with Crippen LogP contribution in [-0.4, -0.2) is 15.7 Å². The van der Waals surface area contributed by atoms with Crippen molar-refractivity contribution in [1.82, 2.24) is 9.78 Å². The number of aromatic nitrogens is 2. The molecule has 1 amide bonds. The summed E-state index contributed by atoms with van der Waals surface area (Å²) >= 11 is 24.6. The number of amides is 1. The summed E-state index contributed by atoms with van der Waals surface area (Å²) in [4.78, 5) is 12.7. The van der Waals surface area contributed by atoms with Crippen molar-refractivity contribution >= 4 is 58.0 Å². The molecule has 0 aliphatic heterocycles. The Morgan fingerprint density at radius 1 is 0.939 bits per heavy atom. The Morgan fingerprint density at radius 3 is 2.42 bits per heavy atom. The molecule has 0 bridgehead atoms. The lowest BCUT2D eigenvalue weighted by Gasteiger charge is -2.10. The van der Waals surface area contributed by atoms with E-state index in [1.807, 2.05) is 6.07 Å². The molecule has 1 N–H and O–H groups in total. The molecule has 0 aliphatic carbocycles. The van der Waals surface area contributed by atoms with Crippen LogP contribution in [0.5, 0.6) is 5.75 Å². The standard InChI is InChI=1S/C24H17Cl4N3O2/c25-19-6-2-7-20(26)18(19)13-31-12-17(11-29-31)30-24(32)16-5-1-4-15(10-16)14-33-22-9-3-8-21(27)23(22)28/h1-12H,13-14H2,(H,30,32). The maximum absolute atomic E-state index is 12.7. The molecule has 0 aliphatic rings. The minimum absolute atomic E-state index is 0.234. The lowest BCUT2D eigenvalue weighted by atomic mass is 10.1. The van der Waals surface area contributed by atoms with E-state index in [0.29, 0.717) is 43.6 Å². The van der Waals surface area contributed by atoms with Crippen molar-refractivity contribution in [3.05, 3.63) is 110 Å². The van der Waals surface area contributed by atoms with Crippen LogP contribution >= 0.6 is 46.4 Å². The van der Waals surface area contributed by atoms with E-state index in [0.717, 1.165) is 11.1 Å². The molecule has 1 aromatic heterocycles. The van der Waals surface area contributed by atoms with Crippen LogP contribution in [0.3, 0.4) is 0 Å². The van der Waals surface area contributed by atoms with Gasteiger partial charge < -0.3 is 10.1 Å². The van der Waals surface area contributed by atoms with Crippen molar-refractivity contribution in [3.8, 4) is 5.75 Å². The molecule has 5 nitrogen and oxygen atoms in total. The summed E-state index contributed by atoms with van der Waals surface area (Å²) < 4.78 is 7.41. The predicted octanol–water partition coefficient (Wildman–Crippen LogP) is 7.38. The highest BCUT2D eigenvalue weighted by Crippen LogP contribution is 2.32. The summed E-state index contributed by atoms with van der Waals surface area (Å²) in [7, 11) is 0. The van der Waals surface area contributed by atoms with Crippen LogP contribution in [0.25, 0.3) is 0 Å². The van der Waals surface area contributed by atoms with E-state index < -0.39 is 0 Å². The number of benzene rings is 3. The Balaban J connectivity index is 1.40. The van der Waals surface area contributed by atoms with Crippen LogP contribution in [0.15, 0.2) is 73.1 Å². The number of halogens is 4. The Kier molecular flexibility index (Phi) is 7.46. The van der Waals surface area contributed by atoms with Gasteiger partial charge in [-0.25, -0.2) is 0 Å². The zero-order valence-electron chi connectivity index (χ0n) is 17.1. The Morgan fingerprint density at radius 2 is 1.64 bits per heavy atom. The molecule has 0 saturated heterocycles. The Labute approximate surface area is 210 Å². The van der Waals surface area contributed by atoms with Crippen LogP contribution in [0.1, 0.15) is 21.5 Å². The van der Waals surface area contributed by atoms with E-state index in [2.05, 4.69) is 10.4 Å². The van der Waals surface area contributed by atoms with Crippen molar-refractivity contribution in [2.24, 2.45) is 0 Å². The van der Waals surface area contributed by atoms with Crippen molar-refractivity contribution in [3.63, 3.8) is 0 Å². The smallest absolute Gasteiger partial charge is 0.255 e. The van der Waals surface area contributed by atoms with E-state index in [9.17, 15) is 4.79 Å². The minimum Gasteiger partial charge on any atom is -0.487 e. The first-order chi connectivity index (χ1) is 15.9. The normalized spacial score (nSPS) is 10.8. The molecule has 168 valence electrons. The topological polar surface area (TPSA) is 56.2 Å². The average Bonchev–Trinajstić information content (AvgIpc) is 3.24. The fourth-order valence-corrected chi connectivity index (χ4v) is 3.99. The molecule has 0 spiro atoms. The summed E-state index contributed by atoms with van der Waals surface area (Å²) in [5.74, 6) is 0.207. The second-order valence-electron chi connectivity index (χ2n) is 7.12. The molecule has 0 radical (unpaired) electrons. The van der Waals surface area contributed by atoms with Crippen molar-refractivity contribution < 1.29 is 9.53 Å². The first-order valence-corrected chi connectivity index (χ1v) is 11.3. The number of rotatable bonds is 7. The number of carbonyl (C=O) groups is 1. The molecule has 0 fully saturated rings. The van der Waals surface area contributed by atoms with Crippen molar-refractivity contribution in [1.29, 1.82) is 0 Å². The monoisotopic (exact) mass is 519 g/mol. The summed E-state index contributed by atoms with van der Waals surface area (Å²) in [5.41, 5.74) is 2.60. The number of nitrogens with one attached hydrogen (secondary N) is 1. The van der Waals surface area contributed by atoms with Crippen LogP contribution in [-0.2, 0) is 13.2 Å². The molecule has 0 atom stereocenters. The number of nitrogens with zero attached hydrogens (tertiary/aromatic N) is 2. The predicted molar refractivity (Wildman–Crippen MR) is 133 cm³/mol. The molecular weight excluding hydrogens is 504 g/mol. The summed E-state index contributed by atoms with van der Waals surface area (Å²) in [6.45, 7) is 0.616. The third-order valence-electron chi connectivity index (χ3n) is 4.77. The summed E-state index contributed by atoms with van der Waals surface area (Å²) in [6.07, 6.45) is 3.28. The lowest BCUT2D eigenvalue weighted by molar-refractivity contribution is 0.102. The maximum Gasteiger partial charge on any atom is 0.255 e. The Hall–Kier alpha value is -2.70. The minimum atomic E-state index is -0.270. The molecule has 1 heterocycles. The van der Waals surface area contributed by atoms with Gasteiger partial charge in [-0.15, -0.1) is 0 Å². The fourth-order valence-electron chi connectivity index (χ4n) is 3.12. The van der Waals surface area contributed by atoms with E-state index in [1.54, 1.807) is 71.7 Å². The van der Waals surface area contributed by atoms with E-state index >= 15 is 0 Å². The quantitative estimate of drug-likeness (QED) is 0.276. The van der Waals surface area contributed by atoms with Crippen LogP contribution in [0.4, 0.5) is 5.69 Å². The van der Waals surface area contributed by atoms with E-state index in [-0.39, 0.29) is 12.5 Å². The van der Waals surface area contributed by atoms with Gasteiger partial charge in [-0.2, -0.15) is 5.10 Å². The highest BCUT2D eigenvalue weighted by molar-refractivity contribution is 6.42. The highest BCUT2D eigenvalue weighted by Gasteiger charge is 2.12. The first kappa shape index (κ1) is 23.5. The summed E-state index contributed by atoms with van der Waals surface area (Å²) in [6, 6.07) is 17.6. The number of carbonyl (C=O) groups excluding carboxylic acids is 1. The van der Waals surface area contributed by atoms with Gasteiger partial charge >= 0.3 is 0 Å². The molecule has 0 unspecified atom stereocenters. The number of ether oxygens (including phenoxy) is 1. The van der Waals surface area contributed by atoms with Gasteiger partial charge in [0.2, 0.25) is 0 Å². The summed E-state index contributed by atoms with van der Waals surface area (Å²) in [5, 5.41) is 9.00. The van der Waals surface area contributed by atoms with E-state index in [4.69, 9.17) is 51.1 Å². The molecule has 3 aromatic carbocycles. The lowest BCUT2D eigenvalue weighted by Crippen LogP contribution is -2.12. The molecule has 4 rings (SSSR count). The molecule has 33 heavy (non-hydrogen) atoms. The van der Waals surface area contributed by atoms with Gasteiger partial charge in [0.25, 0.3) is 5.91 Å². The third-order valence-corrected chi connectivity index (χ3v) is 6.28. The molecule has 9 heteroatoms. The number of hydrogen-bond acceptors (Lipinski definition) is 3. The first-order valence-electron chi connectivity index (χ1n) is 9.83. The zero-order chi connectivity index (χ0) is 23.4. The van der Waals surface area contributed by atoms with Crippen LogP contribution < -0.4 is 10.1 Å². The number of hydrogen-bond donors (Lipinski definition) is 1. The molecular formula is C24H17Cl4N3O2. The van der Waals surface area contributed by atoms with E-state index in [1.165, 1.54) is 0 Å². The largest absolute Gasteiger partial charge is 0.487 e. The van der Waals surface area contributed by atoms with Gasteiger partial charge in [-0.1, -0.05) is 70.7 Å². The van der Waals surface area contributed by atoms with Crippen molar-refractivity contribution in [2.45, 2.75) is 13.2 Å². The Bertz CT molecular complexity index is 1290. The number of anilines is 1. The van der Waals surface area contributed by atoms with Crippen molar-refractivity contribution in [2.75, 3.05) is 5.32 Å². The van der Waals surface area contributed by atoms with Gasteiger partial charge in [-0.05, 0) is 42.0 Å². The maximum atomic E-state index is 12.7.